The summed E-state index contributed by atoms with van der Waals surface area (Å²) in [6.07, 6.45) is 8.22. The molecule has 2 aromatic carbocycles. The van der Waals surface area contributed by atoms with Crippen molar-refractivity contribution in [1.82, 2.24) is 9.47 Å². The van der Waals surface area contributed by atoms with Crippen LogP contribution in [0.25, 0.3) is 17.0 Å². The molecule has 3 aliphatic rings. The molecule has 1 aromatic heterocycles. The number of piperidine rings is 1. The van der Waals surface area contributed by atoms with Crippen molar-refractivity contribution in [3.8, 4) is 5.75 Å². The van der Waals surface area contributed by atoms with Gasteiger partial charge in [0.25, 0.3) is 0 Å². The Morgan fingerprint density at radius 2 is 1.88 bits per heavy atom. The predicted molar refractivity (Wildman–Crippen MR) is 153 cm³/mol. The Morgan fingerprint density at radius 1 is 1.10 bits per heavy atom. The number of rotatable bonds is 6. The zero-order valence-electron chi connectivity index (χ0n) is 23.0. The van der Waals surface area contributed by atoms with Crippen LogP contribution < -0.4 is 25.5 Å². The largest absolute Gasteiger partial charge is 0.492 e. The number of ketones is 1. The normalized spacial score (nSPS) is 20.7. The molecule has 41 heavy (non-hydrogen) atoms. The van der Waals surface area contributed by atoms with Crippen LogP contribution in [0.3, 0.4) is 0 Å². The summed E-state index contributed by atoms with van der Waals surface area (Å²) in [7, 11) is 3.61. The Balaban J connectivity index is 1.44. The lowest BCUT2D eigenvalue weighted by Crippen LogP contribution is -2.42. The van der Waals surface area contributed by atoms with E-state index in [-0.39, 0.29) is 27.4 Å². The second kappa shape index (κ2) is 10.6. The van der Waals surface area contributed by atoms with E-state index >= 15 is 4.39 Å². The van der Waals surface area contributed by atoms with E-state index in [1.54, 1.807) is 24.1 Å². The van der Waals surface area contributed by atoms with E-state index in [0.717, 1.165) is 38.8 Å². The van der Waals surface area contributed by atoms with Gasteiger partial charge in [0.15, 0.2) is 17.3 Å². The van der Waals surface area contributed by atoms with Crippen LogP contribution in [-0.2, 0) is 9.59 Å². The number of allylic oxidation sites excluding steroid dienone is 1. The molecule has 2 saturated heterocycles. The summed E-state index contributed by atoms with van der Waals surface area (Å²) in [5, 5.41) is 0.200. The highest BCUT2D eigenvalue weighted by Crippen LogP contribution is 2.45. The van der Waals surface area contributed by atoms with E-state index in [1.807, 2.05) is 9.47 Å². The van der Waals surface area contributed by atoms with E-state index in [2.05, 4.69) is 11.9 Å². The van der Waals surface area contributed by atoms with Gasteiger partial charge in [0.1, 0.15) is 17.6 Å². The maximum Gasteiger partial charge on any atom is 0.200 e. The number of hydrogen-bond donors (Lipinski definition) is 0. The number of fused-ring (bicyclic) bond motifs is 2. The van der Waals surface area contributed by atoms with Crippen LogP contribution in [0.4, 0.5) is 10.1 Å². The van der Waals surface area contributed by atoms with E-state index in [0.29, 0.717) is 41.0 Å². The molecule has 0 spiro atoms. The number of pyridine rings is 1. The third-order valence-electron chi connectivity index (χ3n) is 8.67. The number of likely N-dealkylation sites (N-methyl/N-ethyl adjacent to an activating group) is 1. The Labute approximate surface area is 235 Å². The van der Waals surface area contributed by atoms with Gasteiger partial charge in [-0.25, -0.2) is 14.0 Å². The summed E-state index contributed by atoms with van der Waals surface area (Å²) in [5.41, 5.74) is 0.705. The van der Waals surface area contributed by atoms with Gasteiger partial charge >= 0.3 is 0 Å². The van der Waals surface area contributed by atoms with Gasteiger partial charge in [0.05, 0.1) is 34.0 Å². The van der Waals surface area contributed by atoms with Crippen LogP contribution in [0.2, 0.25) is 0 Å². The van der Waals surface area contributed by atoms with Gasteiger partial charge < -0.3 is 19.1 Å². The number of ether oxygens (including phenoxy) is 1. The predicted octanol–water partition coefficient (Wildman–Crippen LogP) is 1.92. The van der Waals surface area contributed by atoms with Crippen LogP contribution in [0.15, 0.2) is 41.3 Å². The van der Waals surface area contributed by atoms with Gasteiger partial charge in [-0.3, -0.25) is 9.59 Å². The smallest absolute Gasteiger partial charge is 0.200 e. The summed E-state index contributed by atoms with van der Waals surface area (Å²) < 4.78 is 23.6. The Kier molecular flexibility index (Phi) is 6.96. The van der Waals surface area contributed by atoms with Crippen LogP contribution in [0, 0.1) is 11.7 Å². The third kappa shape index (κ3) is 4.72. The standard InChI is InChI=1S/C32H30FN3O5/c1-34-11-3-4-20-14-35(16-27(20)34)30-26(33)13-24-29(32(30)41-2)36(23-8-9-23)15-25(31(24)40)28(39)10-6-19-5-7-21(17-37)22(12-19)18-38/h5-7,10,12-13,15,20,23,27H,3-4,8-9,11,14,16H2,1-2H3/b10-6+. The van der Waals surface area contributed by atoms with Gasteiger partial charge in [-0.05, 0) is 75.0 Å². The van der Waals surface area contributed by atoms with Crippen molar-refractivity contribution in [3.05, 3.63) is 74.1 Å². The summed E-state index contributed by atoms with van der Waals surface area (Å²) in [6, 6.07) is 6.05. The van der Waals surface area contributed by atoms with Crippen molar-refractivity contribution in [2.45, 2.75) is 37.8 Å². The van der Waals surface area contributed by atoms with E-state index in [4.69, 9.17) is 4.74 Å². The molecule has 1 aliphatic carbocycles. The summed E-state index contributed by atoms with van der Waals surface area (Å²) in [5.74, 6) is 3.02. The molecule has 1 saturated carbocycles. The lowest BCUT2D eigenvalue weighted by Gasteiger charge is -2.33. The lowest BCUT2D eigenvalue weighted by molar-refractivity contribution is 0.104. The van der Waals surface area contributed by atoms with Gasteiger partial charge in [-0.2, -0.15) is 0 Å². The van der Waals surface area contributed by atoms with E-state index < -0.39 is 17.0 Å². The lowest BCUT2D eigenvalue weighted by atomic mass is 9.93. The fourth-order valence-electron chi connectivity index (χ4n) is 6.44. The molecule has 6 rings (SSSR count). The highest BCUT2D eigenvalue weighted by molar-refractivity contribution is 6.08. The van der Waals surface area contributed by atoms with Crippen molar-refractivity contribution in [3.63, 3.8) is 0 Å². The van der Waals surface area contributed by atoms with Crippen molar-refractivity contribution in [2.75, 3.05) is 38.7 Å². The summed E-state index contributed by atoms with van der Waals surface area (Å²) >= 11 is 0. The molecule has 3 fully saturated rings. The molecule has 0 bridgehead atoms. The number of hydrogen-bond acceptors (Lipinski definition) is 7. The average Bonchev–Trinajstić information content (AvgIpc) is 3.73. The number of halogens is 1. The second-order valence-corrected chi connectivity index (χ2v) is 11.2. The number of nitrogens with zero attached hydrogens (tertiary/aromatic N) is 3. The zero-order valence-corrected chi connectivity index (χ0v) is 23.0. The van der Waals surface area contributed by atoms with Crippen LogP contribution in [-0.4, -0.2) is 67.0 Å². The number of anilines is 1. The molecule has 210 valence electrons. The van der Waals surface area contributed by atoms with Crippen molar-refractivity contribution in [1.29, 1.82) is 0 Å². The number of carbonyl (C=O) groups is 1. The highest BCUT2D eigenvalue weighted by atomic mass is 19.1. The minimum Gasteiger partial charge on any atom is -0.492 e. The Hall–Kier alpha value is -4.29. The Bertz CT molecular complexity index is 1830. The minimum absolute atomic E-state index is 0.0265. The van der Waals surface area contributed by atoms with Gasteiger partial charge in [-0.1, -0.05) is 12.1 Å². The number of carbonyl (C=O) groups excluding carboxylic acids is 3. The third-order valence-corrected chi connectivity index (χ3v) is 8.67. The molecular weight excluding hydrogens is 525 g/mol. The quantitative estimate of drug-likeness (QED) is 0.339. The molecule has 0 amide bonds. The number of methoxy groups -OCH3 is 1. The molecule has 2 unspecified atom stereocenters. The zero-order chi connectivity index (χ0) is 28.8. The Morgan fingerprint density at radius 3 is 2.56 bits per heavy atom. The van der Waals surface area contributed by atoms with Crippen molar-refractivity contribution < 1.29 is 23.5 Å². The van der Waals surface area contributed by atoms with Gasteiger partial charge in [0, 0.05) is 31.4 Å². The minimum atomic E-state index is -0.571. The number of likely N-dealkylation sites (tertiary alicyclic amines) is 1. The first-order valence-corrected chi connectivity index (χ1v) is 13.9. The van der Waals surface area contributed by atoms with Crippen LogP contribution in [0.1, 0.15) is 47.6 Å². The molecular formula is C32H30FN3O5. The fourth-order valence-corrected chi connectivity index (χ4v) is 6.44. The fraction of sp³-hybridized carbons (Fsp3) is 0.375. The van der Waals surface area contributed by atoms with Crippen LogP contribution in [0.5, 0.6) is 5.75 Å². The van der Waals surface area contributed by atoms with Crippen molar-refractivity contribution >= 4 is 40.3 Å². The topological polar surface area (TPSA) is 88.9 Å². The van der Waals surface area contributed by atoms with E-state index in [9.17, 15) is 19.2 Å². The molecule has 3 aromatic rings. The molecule has 2 atom stereocenters. The van der Waals surface area contributed by atoms with Gasteiger partial charge in [0.2, 0.25) is 5.43 Å². The molecule has 8 nitrogen and oxygen atoms in total. The number of benzene rings is 2. The molecule has 3 heterocycles. The van der Waals surface area contributed by atoms with Gasteiger partial charge in [-0.15, -0.1) is 0 Å². The highest BCUT2D eigenvalue weighted by Gasteiger charge is 2.40. The first-order valence-electron chi connectivity index (χ1n) is 13.9. The van der Waals surface area contributed by atoms with Crippen LogP contribution >= 0.6 is 0 Å². The maximum atomic E-state index is 15.9. The average molecular weight is 556 g/mol. The monoisotopic (exact) mass is 555 g/mol. The molecule has 2 aliphatic heterocycles. The second-order valence-electron chi connectivity index (χ2n) is 11.2. The molecule has 0 N–H and O–H groups in total. The van der Waals surface area contributed by atoms with E-state index in [1.165, 1.54) is 37.5 Å². The van der Waals surface area contributed by atoms with Crippen molar-refractivity contribution in [2.24, 2.45) is 5.92 Å². The molecule has 0 radical (unpaired) electrons. The number of aromatic nitrogens is 1. The summed E-state index contributed by atoms with van der Waals surface area (Å²) in [6.45, 7) is 2.43. The first-order chi connectivity index (χ1) is 19.8. The molecule has 9 heteroatoms. The maximum absolute atomic E-state index is 15.9. The summed E-state index contributed by atoms with van der Waals surface area (Å²) in [4.78, 5) is 53.4. The SMILES string of the molecule is COc1c(N2CC3CCCN(C)C3C2)c(F)cc2c(=O)c(C(=O)/C=C/c3ccc(=C=O)c(=C=O)c3)cn(C3CC3)c12. The first kappa shape index (κ1) is 26.9.